The van der Waals surface area contributed by atoms with Crippen LogP contribution >= 0.6 is 0 Å². The van der Waals surface area contributed by atoms with Crippen molar-refractivity contribution in [2.24, 2.45) is 5.92 Å². The molecule has 0 bridgehead atoms. The number of methoxy groups -OCH3 is 2. The van der Waals surface area contributed by atoms with Crippen LogP contribution in [0.4, 0.5) is 10.1 Å². The first-order valence-corrected chi connectivity index (χ1v) is 12.9. The Morgan fingerprint density at radius 1 is 0.944 bits per heavy atom. The van der Waals surface area contributed by atoms with Crippen molar-refractivity contribution in [3.8, 4) is 11.5 Å². The minimum Gasteiger partial charge on any atom is -0.493 e. The molecule has 0 saturated heterocycles. The van der Waals surface area contributed by atoms with Crippen LogP contribution in [-0.2, 0) is 14.8 Å². The maximum absolute atomic E-state index is 13.7. The van der Waals surface area contributed by atoms with E-state index >= 15 is 0 Å². The molecular weight excluding hydrogens is 483 g/mol. The molecule has 3 aromatic rings. The third-order valence-corrected chi connectivity index (χ3v) is 7.36. The second kappa shape index (κ2) is 11.9. The summed E-state index contributed by atoms with van der Waals surface area (Å²) in [5.41, 5.74) is 1.08. The number of hydrogen-bond donors (Lipinski definition) is 1. The molecule has 0 fully saturated rings. The van der Waals surface area contributed by atoms with E-state index in [2.05, 4.69) is 19.2 Å². The molecule has 0 aromatic heterocycles. The van der Waals surface area contributed by atoms with Crippen molar-refractivity contribution in [3.63, 3.8) is 0 Å². The van der Waals surface area contributed by atoms with Gasteiger partial charge in [-0.3, -0.25) is 9.10 Å². The van der Waals surface area contributed by atoms with Crippen molar-refractivity contribution in [1.29, 1.82) is 0 Å². The van der Waals surface area contributed by atoms with Crippen LogP contribution in [0.5, 0.6) is 11.5 Å². The summed E-state index contributed by atoms with van der Waals surface area (Å²) in [5, 5.41) is 2.98. The van der Waals surface area contributed by atoms with E-state index in [1.165, 1.54) is 44.6 Å². The van der Waals surface area contributed by atoms with E-state index < -0.39 is 28.3 Å². The lowest BCUT2D eigenvalue weighted by Gasteiger charge is -2.27. The van der Waals surface area contributed by atoms with Crippen LogP contribution in [0.25, 0.3) is 0 Å². The number of hydrogen-bond acceptors (Lipinski definition) is 5. The summed E-state index contributed by atoms with van der Waals surface area (Å²) in [6.07, 6.45) is 0.675. The Bertz CT molecular complexity index is 1270. The lowest BCUT2D eigenvalue weighted by molar-refractivity contribution is -0.120. The zero-order valence-corrected chi connectivity index (χ0v) is 21.6. The topological polar surface area (TPSA) is 84.9 Å². The summed E-state index contributed by atoms with van der Waals surface area (Å²) in [5.74, 6) is -0.130. The highest BCUT2D eigenvalue weighted by Crippen LogP contribution is 2.32. The molecular formula is C27H31FN2O5S. The van der Waals surface area contributed by atoms with Gasteiger partial charge in [0.1, 0.15) is 12.4 Å². The lowest BCUT2D eigenvalue weighted by Crippen LogP contribution is -2.42. The van der Waals surface area contributed by atoms with Crippen molar-refractivity contribution in [3.05, 3.63) is 84.2 Å². The van der Waals surface area contributed by atoms with E-state index in [0.29, 0.717) is 18.1 Å². The number of ether oxygens (including phenoxy) is 2. The molecule has 0 spiro atoms. The van der Waals surface area contributed by atoms with Gasteiger partial charge in [0.25, 0.3) is 10.0 Å². The van der Waals surface area contributed by atoms with Crippen LogP contribution in [0.2, 0.25) is 0 Å². The Hall–Kier alpha value is -3.59. The van der Waals surface area contributed by atoms with Crippen LogP contribution in [-0.4, -0.2) is 35.1 Å². The first-order valence-electron chi connectivity index (χ1n) is 11.5. The van der Waals surface area contributed by atoms with Gasteiger partial charge in [-0.25, -0.2) is 12.8 Å². The van der Waals surface area contributed by atoms with Crippen molar-refractivity contribution < 1.29 is 27.1 Å². The lowest BCUT2D eigenvalue weighted by atomic mass is 9.97. The van der Waals surface area contributed by atoms with Gasteiger partial charge in [0.05, 0.1) is 30.8 Å². The van der Waals surface area contributed by atoms with Gasteiger partial charge < -0.3 is 14.8 Å². The van der Waals surface area contributed by atoms with Gasteiger partial charge >= 0.3 is 0 Å². The summed E-state index contributed by atoms with van der Waals surface area (Å²) in [7, 11) is -1.38. The minimum atomic E-state index is -4.23. The standard InChI is InChI=1S/C27H31FN2O5S/c1-19(2)16-24(20-8-6-5-7-9-20)29-27(31)18-30(22-12-10-21(28)11-13-22)36(32,33)23-14-15-25(34-3)26(17-23)35-4/h5-15,17,19,24H,16,18H2,1-4H3,(H,29,31)/t24-/m1/s1. The first-order chi connectivity index (χ1) is 17.1. The van der Waals surface area contributed by atoms with Crippen LogP contribution in [0.3, 0.4) is 0 Å². The number of halogens is 1. The second-order valence-electron chi connectivity index (χ2n) is 8.67. The summed E-state index contributed by atoms with van der Waals surface area (Å²) in [6.45, 7) is 3.60. The molecule has 0 saturated carbocycles. The molecule has 36 heavy (non-hydrogen) atoms. The molecule has 1 amide bonds. The zero-order valence-electron chi connectivity index (χ0n) is 20.8. The van der Waals surface area contributed by atoms with Crippen molar-refractivity contribution >= 4 is 21.6 Å². The Morgan fingerprint density at radius 2 is 1.58 bits per heavy atom. The second-order valence-corrected chi connectivity index (χ2v) is 10.5. The molecule has 1 atom stereocenters. The molecule has 0 unspecified atom stereocenters. The molecule has 0 aliphatic rings. The minimum absolute atomic E-state index is 0.0981. The molecule has 3 rings (SSSR count). The van der Waals surface area contributed by atoms with E-state index in [-0.39, 0.29) is 22.4 Å². The van der Waals surface area contributed by atoms with Crippen LogP contribution in [0.15, 0.2) is 77.7 Å². The number of amides is 1. The number of rotatable bonds is 11. The summed E-state index contributed by atoms with van der Waals surface area (Å²) in [4.78, 5) is 13.1. The fourth-order valence-electron chi connectivity index (χ4n) is 3.83. The van der Waals surface area contributed by atoms with Gasteiger partial charge in [-0.1, -0.05) is 44.2 Å². The molecule has 9 heteroatoms. The van der Waals surface area contributed by atoms with Gasteiger partial charge in [-0.2, -0.15) is 0 Å². The number of nitrogens with zero attached hydrogens (tertiary/aromatic N) is 1. The van der Waals surface area contributed by atoms with Crippen molar-refractivity contribution in [2.75, 3.05) is 25.1 Å². The number of benzene rings is 3. The highest BCUT2D eigenvalue weighted by Gasteiger charge is 2.29. The zero-order chi connectivity index (χ0) is 26.3. The number of sulfonamides is 1. The van der Waals surface area contributed by atoms with Gasteiger partial charge in [0.2, 0.25) is 5.91 Å². The molecule has 192 valence electrons. The molecule has 0 heterocycles. The maximum atomic E-state index is 13.7. The highest BCUT2D eigenvalue weighted by atomic mass is 32.2. The number of carbonyl (C=O) groups is 1. The van der Waals surface area contributed by atoms with E-state index in [4.69, 9.17) is 9.47 Å². The monoisotopic (exact) mass is 514 g/mol. The summed E-state index contributed by atoms with van der Waals surface area (Å²) in [6, 6.07) is 18.3. The largest absolute Gasteiger partial charge is 0.493 e. The van der Waals surface area contributed by atoms with E-state index in [1.807, 2.05) is 30.3 Å². The summed E-state index contributed by atoms with van der Waals surface area (Å²) < 4.78 is 52.5. The fourth-order valence-corrected chi connectivity index (χ4v) is 5.27. The first kappa shape index (κ1) is 27.0. The Morgan fingerprint density at radius 3 is 2.17 bits per heavy atom. The van der Waals surface area contributed by atoms with Gasteiger partial charge in [0, 0.05) is 6.07 Å². The third-order valence-electron chi connectivity index (χ3n) is 5.59. The molecule has 0 aliphatic heterocycles. The number of anilines is 1. The predicted octanol–water partition coefficient (Wildman–Crippen LogP) is 4.94. The Balaban J connectivity index is 1.96. The average Bonchev–Trinajstić information content (AvgIpc) is 2.87. The molecule has 3 aromatic carbocycles. The van der Waals surface area contributed by atoms with E-state index in [9.17, 15) is 17.6 Å². The van der Waals surface area contributed by atoms with Crippen LogP contribution in [0, 0.1) is 11.7 Å². The normalized spacial score (nSPS) is 12.2. The van der Waals surface area contributed by atoms with Crippen molar-refractivity contribution in [1.82, 2.24) is 5.32 Å². The summed E-state index contributed by atoms with van der Waals surface area (Å²) >= 11 is 0. The quantitative estimate of drug-likeness (QED) is 0.392. The van der Waals surface area contributed by atoms with Crippen molar-refractivity contribution in [2.45, 2.75) is 31.2 Å². The predicted molar refractivity (Wildman–Crippen MR) is 137 cm³/mol. The van der Waals surface area contributed by atoms with Crippen LogP contribution in [0.1, 0.15) is 31.9 Å². The smallest absolute Gasteiger partial charge is 0.264 e. The Labute approximate surface area is 211 Å². The number of carbonyl (C=O) groups excluding carboxylic acids is 1. The maximum Gasteiger partial charge on any atom is 0.264 e. The van der Waals surface area contributed by atoms with E-state index in [1.54, 1.807) is 0 Å². The van der Waals surface area contributed by atoms with Crippen LogP contribution < -0.4 is 19.1 Å². The van der Waals surface area contributed by atoms with Gasteiger partial charge in [-0.05, 0) is 54.3 Å². The van der Waals surface area contributed by atoms with Gasteiger partial charge in [-0.15, -0.1) is 0 Å². The molecule has 1 N–H and O–H groups in total. The molecule has 0 radical (unpaired) electrons. The highest BCUT2D eigenvalue weighted by molar-refractivity contribution is 7.92. The van der Waals surface area contributed by atoms with Gasteiger partial charge in [0.15, 0.2) is 11.5 Å². The third kappa shape index (κ3) is 6.54. The SMILES string of the molecule is COc1ccc(S(=O)(=O)N(CC(=O)N[C@H](CC(C)C)c2ccccc2)c2ccc(F)cc2)cc1OC. The fraction of sp³-hybridized carbons (Fsp3) is 0.296. The average molecular weight is 515 g/mol. The number of nitrogens with one attached hydrogen (secondary N) is 1. The molecule has 7 nitrogen and oxygen atoms in total. The van der Waals surface area contributed by atoms with E-state index in [0.717, 1.165) is 22.0 Å². The Kier molecular flexibility index (Phi) is 8.93. The molecule has 0 aliphatic carbocycles.